The van der Waals surface area contributed by atoms with Gasteiger partial charge in [-0.2, -0.15) is 0 Å². The molecule has 0 saturated heterocycles. The van der Waals surface area contributed by atoms with E-state index in [1.807, 2.05) is 0 Å². The Morgan fingerprint density at radius 2 is 2.00 bits per heavy atom. The first-order valence-electron chi connectivity index (χ1n) is 7.15. The Kier molecular flexibility index (Phi) is 7.09. The van der Waals surface area contributed by atoms with Gasteiger partial charge in [-0.05, 0) is 23.6 Å². The van der Waals surface area contributed by atoms with Crippen LogP contribution in [0.5, 0.6) is 5.75 Å². The molecule has 4 heteroatoms. The minimum absolute atomic E-state index is 0.00138. The second-order valence-electron chi connectivity index (χ2n) is 5.19. The van der Waals surface area contributed by atoms with E-state index in [-0.39, 0.29) is 12.5 Å². The van der Waals surface area contributed by atoms with Crippen LogP contribution in [0, 0.1) is 5.92 Å². The zero-order valence-corrected chi connectivity index (χ0v) is 12.6. The number of hydrogen-bond acceptors (Lipinski definition) is 3. The largest absolute Gasteiger partial charge is 0.497 e. The first-order valence-corrected chi connectivity index (χ1v) is 7.15. The normalized spacial score (nSPS) is 13.6. The smallest absolute Gasteiger partial charge is 0.220 e. The van der Waals surface area contributed by atoms with Crippen molar-refractivity contribution in [2.75, 3.05) is 13.7 Å². The number of carbonyl (C=O) groups excluding carboxylic acids is 1. The first kappa shape index (κ1) is 16.5. The van der Waals surface area contributed by atoms with E-state index in [4.69, 9.17) is 4.74 Å². The third-order valence-electron chi connectivity index (χ3n) is 3.31. The number of nitrogens with one attached hydrogen (secondary N) is 1. The summed E-state index contributed by atoms with van der Waals surface area (Å²) >= 11 is 0. The Bertz CT molecular complexity index is 403. The predicted octanol–water partition coefficient (Wildman–Crippen LogP) is 2.67. The third-order valence-corrected chi connectivity index (χ3v) is 3.31. The highest BCUT2D eigenvalue weighted by Gasteiger charge is 2.12. The average Bonchev–Trinajstić information content (AvgIpc) is 2.45. The first-order chi connectivity index (χ1) is 9.56. The number of aliphatic hydroxyl groups is 1. The van der Waals surface area contributed by atoms with Crippen LogP contribution in [0.4, 0.5) is 0 Å². The van der Waals surface area contributed by atoms with E-state index in [1.54, 1.807) is 31.4 Å². The number of benzene rings is 1. The molecule has 4 nitrogen and oxygen atoms in total. The maximum atomic E-state index is 11.7. The average molecular weight is 279 g/mol. The minimum atomic E-state index is -0.689. The van der Waals surface area contributed by atoms with E-state index in [0.29, 0.717) is 12.3 Å². The van der Waals surface area contributed by atoms with E-state index in [9.17, 15) is 9.90 Å². The Morgan fingerprint density at radius 3 is 2.55 bits per heavy atom. The molecule has 0 aliphatic carbocycles. The minimum Gasteiger partial charge on any atom is -0.497 e. The molecule has 2 N–H and O–H groups in total. The van der Waals surface area contributed by atoms with Crippen molar-refractivity contribution in [2.45, 2.75) is 39.2 Å². The van der Waals surface area contributed by atoms with Gasteiger partial charge in [0.2, 0.25) is 5.91 Å². The summed E-state index contributed by atoms with van der Waals surface area (Å²) in [7, 11) is 1.60. The molecular weight excluding hydrogens is 254 g/mol. The van der Waals surface area contributed by atoms with E-state index in [0.717, 1.165) is 24.2 Å². The molecule has 1 aromatic rings. The lowest BCUT2D eigenvalue weighted by Crippen LogP contribution is -2.29. The number of carbonyl (C=O) groups is 1. The van der Waals surface area contributed by atoms with E-state index in [2.05, 4.69) is 19.2 Å². The summed E-state index contributed by atoms with van der Waals surface area (Å²) in [6.07, 6.45) is 1.96. The van der Waals surface area contributed by atoms with Gasteiger partial charge in [-0.1, -0.05) is 38.8 Å². The number of ether oxygens (including phenoxy) is 1. The Hall–Kier alpha value is -1.55. The maximum Gasteiger partial charge on any atom is 0.220 e. The molecule has 1 aromatic carbocycles. The molecule has 0 aliphatic rings. The molecule has 1 rings (SSSR count). The van der Waals surface area contributed by atoms with Crippen molar-refractivity contribution in [2.24, 2.45) is 5.92 Å². The fourth-order valence-corrected chi connectivity index (χ4v) is 2.14. The molecular formula is C16H25NO3. The second kappa shape index (κ2) is 8.59. The van der Waals surface area contributed by atoms with Crippen LogP contribution in [-0.4, -0.2) is 24.7 Å². The number of aliphatic hydroxyl groups excluding tert-OH is 1. The van der Waals surface area contributed by atoms with Gasteiger partial charge < -0.3 is 15.2 Å². The van der Waals surface area contributed by atoms with E-state index >= 15 is 0 Å². The Labute approximate surface area is 121 Å². The molecule has 0 saturated carbocycles. The molecule has 0 spiro atoms. The number of rotatable bonds is 8. The van der Waals surface area contributed by atoms with Gasteiger partial charge in [0, 0.05) is 13.0 Å². The standard InChI is InChI=1S/C16H25NO3/c1-4-5-12(2)10-16(19)17-11-15(18)13-6-8-14(20-3)9-7-13/h6-9,12,15,18H,4-5,10-11H2,1-3H3,(H,17,19). The van der Waals surface area contributed by atoms with Crippen molar-refractivity contribution in [1.82, 2.24) is 5.32 Å². The quantitative estimate of drug-likeness (QED) is 0.769. The zero-order chi connectivity index (χ0) is 15.0. The second-order valence-corrected chi connectivity index (χ2v) is 5.19. The molecule has 0 aromatic heterocycles. The van der Waals surface area contributed by atoms with Gasteiger partial charge in [-0.15, -0.1) is 0 Å². The van der Waals surface area contributed by atoms with Crippen LogP contribution < -0.4 is 10.1 Å². The summed E-state index contributed by atoms with van der Waals surface area (Å²) in [5.74, 6) is 1.13. The van der Waals surface area contributed by atoms with Gasteiger partial charge in [0.15, 0.2) is 0 Å². The molecule has 0 heterocycles. The molecule has 0 radical (unpaired) electrons. The topological polar surface area (TPSA) is 58.6 Å². The highest BCUT2D eigenvalue weighted by atomic mass is 16.5. The van der Waals surface area contributed by atoms with Gasteiger partial charge in [-0.25, -0.2) is 0 Å². The number of amides is 1. The molecule has 0 aliphatic heterocycles. The van der Waals surface area contributed by atoms with Crippen molar-refractivity contribution < 1.29 is 14.6 Å². The summed E-state index contributed by atoms with van der Waals surface area (Å²) in [5, 5.41) is 12.8. The summed E-state index contributed by atoms with van der Waals surface area (Å²) < 4.78 is 5.06. The van der Waals surface area contributed by atoms with Gasteiger partial charge in [0.05, 0.1) is 13.2 Å². The van der Waals surface area contributed by atoms with Gasteiger partial charge in [0.1, 0.15) is 5.75 Å². The molecule has 0 fully saturated rings. The highest BCUT2D eigenvalue weighted by Crippen LogP contribution is 2.17. The third kappa shape index (κ3) is 5.61. The van der Waals surface area contributed by atoms with Gasteiger partial charge >= 0.3 is 0 Å². The van der Waals surface area contributed by atoms with Crippen LogP contribution in [0.3, 0.4) is 0 Å². The molecule has 20 heavy (non-hydrogen) atoms. The van der Waals surface area contributed by atoms with Gasteiger partial charge in [0.25, 0.3) is 0 Å². The summed E-state index contributed by atoms with van der Waals surface area (Å²) in [4.78, 5) is 11.7. The van der Waals surface area contributed by atoms with Crippen LogP contribution in [-0.2, 0) is 4.79 Å². The highest BCUT2D eigenvalue weighted by molar-refractivity contribution is 5.76. The van der Waals surface area contributed by atoms with Crippen molar-refractivity contribution in [3.63, 3.8) is 0 Å². The fourth-order valence-electron chi connectivity index (χ4n) is 2.14. The Balaban J connectivity index is 2.38. The van der Waals surface area contributed by atoms with Crippen molar-refractivity contribution >= 4 is 5.91 Å². The molecule has 112 valence electrons. The monoisotopic (exact) mass is 279 g/mol. The van der Waals surface area contributed by atoms with E-state index < -0.39 is 6.10 Å². The summed E-state index contributed by atoms with van der Waals surface area (Å²) in [6, 6.07) is 7.19. The van der Waals surface area contributed by atoms with Gasteiger partial charge in [-0.3, -0.25) is 4.79 Å². The maximum absolute atomic E-state index is 11.7. The Morgan fingerprint density at radius 1 is 1.35 bits per heavy atom. The lowest BCUT2D eigenvalue weighted by molar-refractivity contribution is -0.122. The number of methoxy groups -OCH3 is 1. The van der Waals surface area contributed by atoms with Crippen molar-refractivity contribution in [1.29, 1.82) is 0 Å². The molecule has 2 atom stereocenters. The number of hydrogen-bond donors (Lipinski definition) is 2. The zero-order valence-electron chi connectivity index (χ0n) is 12.6. The predicted molar refractivity (Wildman–Crippen MR) is 79.7 cm³/mol. The SMILES string of the molecule is CCCC(C)CC(=O)NCC(O)c1ccc(OC)cc1. The molecule has 0 bridgehead atoms. The lowest BCUT2D eigenvalue weighted by atomic mass is 10.0. The summed E-state index contributed by atoms with van der Waals surface area (Å²) in [5.41, 5.74) is 0.771. The molecule has 2 unspecified atom stereocenters. The van der Waals surface area contributed by atoms with Crippen molar-refractivity contribution in [3.05, 3.63) is 29.8 Å². The van der Waals surface area contributed by atoms with Crippen LogP contribution >= 0.6 is 0 Å². The van der Waals surface area contributed by atoms with E-state index in [1.165, 1.54) is 0 Å². The van der Waals surface area contributed by atoms with Crippen LogP contribution in [0.25, 0.3) is 0 Å². The molecule has 1 amide bonds. The van der Waals surface area contributed by atoms with Crippen LogP contribution in [0.1, 0.15) is 44.8 Å². The lowest BCUT2D eigenvalue weighted by Gasteiger charge is -2.14. The van der Waals surface area contributed by atoms with Crippen LogP contribution in [0.2, 0.25) is 0 Å². The van der Waals surface area contributed by atoms with Crippen LogP contribution in [0.15, 0.2) is 24.3 Å². The summed E-state index contributed by atoms with van der Waals surface area (Å²) in [6.45, 7) is 4.43. The van der Waals surface area contributed by atoms with Crippen molar-refractivity contribution in [3.8, 4) is 5.75 Å². The fraction of sp³-hybridized carbons (Fsp3) is 0.562.